The fraction of sp³-hybridized carbons (Fsp3) is 0. The van der Waals surface area contributed by atoms with Crippen molar-refractivity contribution in [1.29, 1.82) is 0 Å². The van der Waals surface area contributed by atoms with Gasteiger partial charge in [0.2, 0.25) is 5.71 Å². The molecule has 0 amide bonds. The number of para-hydroxylation sites is 3. The lowest BCUT2D eigenvalue weighted by Gasteiger charge is -2.11. The highest BCUT2D eigenvalue weighted by Gasteiger charge is 2.19. The molecule has 11 aromatic rings. The summed E-state index contributed by atoms with van der Waals surface area (Å²) in [5, 5.41) is 8.79. The van der Waals surface area contributed by atoms with Crippen LogP contribution in [0.3, 0.4) is 0 Å². The Balaban J connectivity index is 1.08. The van der Waals surface area contributed by atoms with Crippen LogP contribution in [0.5, 0.6) is 0 Å². The van der Waals surface area contributed by atoms with Crippen molar-refractivity contribution in [1.82, 2.24) is 15.0 Å². The number of aromatic nitrogens is 3. The van der Waals surface area contributed by atoms with Gasteiger partial charge < -0.3 is 8.83 Å². The van der Waals surface area contributed by atoms with Gasteiger partial charge in [-0.15, -0.1) is 0 Å². The van der Waals surface area contributed by atoms with Crippen molar-refractivity contribution in [3.63, 3.8) is 0 Å². The quantitative estimate of drug-likeness (QED) is 0.187. The van der Waals surface area contributed by atoms with Crippen LogP contribution in [0.1, 0.15) is 0 Å². The van der Waals surface area contributed by atoms with E-state index in [4.69, 9.17) is 23.8 Å². The Morgan fingerprint density at radius 1 is 0.385 bits per heavy atom. The Morgan fingerprint density at radius 2 is 1.02 bits per heavy atom. The van der Waals surface area contributed by atoms with Gasteiger partial charge in [0.1, 0.15) is 16.7 Å². The summed E-state index contributed by atoms with van der Waals surface area (Å²) in [4.78, 5) is 15.5. The molecule has 11 rings (SSSR count). The predicted octanol–water partition coefficient (Wildman–Crippen LogP) is 12.6. The molecule has 52 heavy (non-hydrogen) atoms. The highest BCUT2D eigenvalue weighted by atomic mass is 16.3. The van der Waals surface area contributed by atoms with Gasteiger partial charge in [-0.3, -0.25) is 0 Å². The monoisotopic (exact) mass is 665 g/mol. The summed E-state index contributed by atoms with van der Waals surface area (Å²) < 4.78 is 12.7. The van der Waals surface area contributed by atoms with Crippen LogP contribution in [-0.2, 0) is 0 Å². The minimum atomic E-state index is 0.630. The zero-order chi connectivity index (χ0) is 34.2. The highest BCUT2D eigenvalue weighted by Crippen LogP contribution is 2.40. The maximum Gasteiger partial charge on any atom is 0.228 e. The molecule has 0 saturated carbocycles. The van der Waals surface area contributed by atoms with Crippen molar-refractivity contribution < 1.29 is 8.83 Å². The number of fused-ring (bicyclic) bond motifs is 9. The largest absolute Gasteiger partial charge is 0.455 e. The zero-order valence-corrected chi connectivity index (χ0v) is 27.7. The first-order valence-corrected chi connectivity index (χ1v) is 17.3. The molecule has 0 bridgehead atoms. The first-order chi connectivity index (χ1) is 25.7. The lowest BCUT2D eigenvalue weighted by molar-refractivity contribution is 0.655. The number of benzene rings is 7. The van der Waals surface area contributed by atoms with Gasteiger partial charge in [-0.25, -0.2) is 15.0 Å². The number of furan rings is 2. The summed E-state index contributed by atoms with van der Waals surface area (Å²) >= 11 is 0. The van der Waals surface area contributed by atoms with Gasteiger partial charge in [-0.05, 0) is 46.5 Å². The van der Waals surface area contributed by atoms with Gasteiger partial charge >= 0.3 is 0 Å². The second-order valence-electron chi connectivity index (χ2n) is 13.2. The number of hydrogen-bond donors (Lipinski definition) is 0. The summed E-state index contributed by atoms with van der Waals surface area (Å²) in [6.07, 6.45) is 0. The van der Waals surface area contributed by atoms with Crippen LogP contribution in [0.4, 0.5) is 0 Å². The fourth-order valence-corrected chi connectivity index (χ4v) is 7.60. The van der Waals surface area contributed by atoms with Gasteiger partial charge in [0.25, 0.3) is 0 Å². The molecule has 0 aliphatic rings. The SMILES string of the molecule is c1ccc2cc(-c3cc(-c4cccc5c4oc4ccccc45)nc(-c4ccc(-c5nc6oc7ccccc7c6c6ccccc56)cc4)n3)ccc2c1. The van der Waals surface area contributed by atoms with Crippen LogP contribution >= 0.6 is 0 Å². The molecule has 0 saturated heterocycles. The molecule has 0 radical (unpaired) electrons. The van der Waals surface area contributed by atoms with E-state index in [1.54, 1.807) is 0 Å². The van der Waals surface area contributed by atoms with Crippen molar-refractivity contribution in [2.24, 2.45) is 0 Å². The van der Waals surface area contributed by atoms with Crippen molar-refractivity contribution >= 4 is 65.6 Å². The van der Waals surface area contributed by atoms with E-state index in [1.165, 1.54) is 5.39 Å². The smallest absolute Gasteiger partial charge is 0.228 e. The predicted molar refractivity (Wildman–Crippen MR) is 211 cm³/mol. The maximum atomic E-state index is 6.46. The Morgan fingerprint density at radius 3 is 1.87 bits per heavy atom. The highest BCUT2D eigenvalue weighted by molar-refractivity contribution is 6.20. The summed E-state index contributed by atoms with van der Waals surface area (Å²) in [5.74, 6) is 0.630. The van der Waals surface area contributed by atoms with E-state index in [2.05, 4.69) is 127 Å². The zero-order valence-electron chi connectivity index (χ0n) is 27.7. The summed E-state index contributed by atoms with van der Waals surface area (Å²) in [6.45, 7) is 0. The van der Waals surface area contributed by atoms with Gasteiger partial charge in [-0.2, -0.15) is 0 Å². The summed E-state index contributed by atoms with van der Waals surface area (Å²) in [6, 6.07) is 56.3. The van der Waals surface area contributed by atoms with Crippen LogP contribution in [0.2, 0.25) is 0 Å². The van der Waals surface area contributed by atoms with Crippen LogP contribution in [0.25, 0.3) is 111 Å². The molecule has 0 spiro atoms. The number of hydrogen-bond acceptors (Lipinski definition) is 5. The molecule has 0 aliphatic heterocycles. The normalized spacial score (nSPS) is 11.8. The van der Waals surface area contributed by atoms with Crippen molar-refractivity contribution in [2.45, 2.75) is 0 Å². The molecular formula is C47H27N3O2. The van der Waals surface area contributed by atoms with E-state index in [0.717, 1.165) is 93.8 Å². The molecule has 4 heterocycles. The lowest BCUT2D eigenvalue weighted by Crippen LogP contribution is -1.96. The Labute approximate surface area is 297 Å². The van der Waals surface area contributed by atoms with Gasteiger partial charge in [0.15, 0.2) is 5.82 Å². The molecule has 0 fully saturated rings. The third kappa shape index (κ3) is 4.46. The van der Waals surface area contributed by atoms with E-state index in [0.29, 0.717) is 11.5 Å². The Kier molecular flexibility index (Phi) is 6.18. The molecule has 7 aromatic carbocycles. The number of rotatable bonds is 4. The van der Waals surface area contributed by atoms with Crippen LogP contribution in [0, 0.1) is 0 Å². The molecule has 0 N–H and O–H groups in total. The Bertz CT molecular complexity index is 3190. The fourth-order valence-electron chi connectivity index (χ4n) is 7.60. The molecule has 0 unspecified atom stereocenters. The molecule has 4 aromatic heterocycles. The average Bonchev–Trinajstić information content (AvgIpc) is 3.79. The van der Waals surface area contributed by atoms with Crippen LogP contribution in [-0.4, -0.2) is 15.0 Å². The molecule has 0 atom stereocenters. The van der Waals surface area contributed by atoms with E-state index in [1.807, 2.05) is 36.4 Å². The molecular weight excluding hydrogens is 639 g/mol. The third-order valence-corrected chi connectivity index (χ3v) is 10.1. The van der Waals surface area contributed by atoms with Gasteiger partial charge in [-0.1, -0.05) is 133 Å². The molecule has 5 nitrogen and oxygen atoms in total. The van der Waals surface area contributed by atoms with E-state index < -0.39 is 0 Å². The topological polar surface area (TPSA) is 65.0 Å². The average molecular weight is 666 g/mol. The maximum absolute atomic E-state index is 6.46. The molecule has 242 valence electrons. The van der Waals surface area contributed by atoms with E-state index in [9.17, 15) is 0 Å². The first-order valence-electron chi connectivity index (χ1n) is 17.3. The second kappa shape index (κ2) is 11.2. The third-order valence-electron chi connectivity index (χ3n) is 10.1. The van der Waals surface area contributed by atoms with E-state index in [-0.39, 0.29) is 0 Å². The molecule has 5 heteroatoms. The lowest BCUT2D eigenvalue weighted by atomic mass is 9.99. The van der Waals surface area contributed by atoms with Gasteiger partial charge in [0.05, 0.1) is 22.5 Å². The van der Waals surface area contributed by atoms with Crippen molar-refractivity contribution in [2.75, 3.05) is 0 Å². The van der Waals surface area contributed by atoms with E-state index >= 15 is 0 Å². The minimum absolute atomic E-state index is 0.630. The standard InChI is InChI=1S/C47H27N3O2/c1-2-11-31-26-32(25-20-28(31)10-1)39-27-40(37-17-9-16-36-33-12-5-7-18-41(33)51-45(36)37)49-46(48-39)30-23-21-29(22-24-30)44-35-14-4-3-13-34(35)43-38-15-6-8-19-42(38)52-47(43)50-44/h1-27H. The van der Waals surface area contributed by atoms with Crippen LogP contribution < -0.4 is 0 Å². The van der Waals surface area contributed by atoms with Crippen molar-refractivity contribution in [3.05, 3.63) is 164 Å². The van der Waals surface area contributed by atoms with Crippen LogP contribution in [0.15, 0.2) is 173 Å². The Hall–Kier alpha value is -7.11. The van der Waals surface area contributed by atoms with Gasteiger partial charge in [0, 0.05) is 43.8 Å². The van der Waals surface area contributed by atoms with Crippen molar-refractivity contribution in [3.8, 4) is 45.2 Å². The summed E-state index contributed by atoms with van der Waals surface area (Å²) in [5.41, 5.74) is 9.47. The number of nitrogens with zero attached hydrogens (tertiary/aromatic N) is 3. The summed E-state index contributed by atoms with van der Waals surface area (Å²) in [7, 11) is 0. The minimum Gasteiger partial charge on any atom is -0.455 e. The first kappa shape index (κ1) is 28.7. The molecule has 0 aliphatic carbocycles. The second-order valence-corrected chi connectivity index (χ2v) is 13.2. The number of pyridine rings is 1.